The summed E-state index contributed by atoms with van der Waals surface area (Å²) in [5.41, 5.74) is 0.827. The molecule has 3 nitrogen and oxygen atoms in total. The highest BCUT2D eigenvalue weighted by Gasteiger charge is 2.40. The van der Waals surface area contributed by atoms with Crippen LogP contribution in [0.2, 0.25) is 0 Å². The molecule has 2 bridgehead atoms. The van der Waals surface area contributed by atoms with Gasteiger partial charge in [-0.1, -0.05) is 0 Å². The number of ether oxygens (including phenoxy) is 1. The third-order valence-electron chi connectivity index (χ3n) is 5.00. The normalized spacial score (nSPS) is 28.4. The number of hydrogen-bond acceptors (Lipinski definition) is 2. The standard InChI is InChI=1S/C17H24NO2/c1-2-20-16-5-3-15(4-6-16)17(19)13-18-10-7-14(8-11-18)9-12-18/h3-6,14H,2,7-13H2,1H3/q+1. The minimum Gasteiger partial charge on any atom is -0.494 e. The van der Waals surface area contributed by atoms with E-state index in [0.29, 0.717) is 13.2 Å². The average Bonchev–Trinajstić information content (AvgIpc) is 2.50. The Morgan fingerprint density at radius 2 is 1.75 bits per heavy atom. The molecule has 0 aliphatic carbocycles. The van der Waals surface area contributed by atoms with E-state index in [4.69, 9.17) is 4.74 Å². The molecular formula is C17H24NO2+. The first-order valence-corrected chi connectivity index (χ1v) is 7.82. The summed E-state index contributed by atoms with van der Waals surface area (Å²) in [6, 6.07) is 7.61. The van der Waals surface area contributed by atoms with E-state index in [9.17, 15) is 4.79 Å². The van der Waals surface area contributed by atoms with Crippen LogP contribution in [0.1, 0.15) is 36.5 Å². The van der Waals surface area contributed by atoms with Crippen molar-refractivity contribution in [3.8, 4) is 5.75 Å². The van der Waals surface area contributed by atoms with E-state index in [-0.39, 0.29) is 5.78 Å². The van der Waals surface area contributed by atoms with Crippen molar-refractivity contribution in [1.29, 1.82) is 0 Å². The second-order valence-corrected chi connectivity index (χ2v) is 6.28. The number of carbonyl (C=O) groups excluding carboxylic acids is 1. The highest BCUT2D eigenvalue weighted by Crippen LogP contribution is 2.33. The van der Waals surface area contributed by atoms with Gasteiger partial charge in [0.1, 0.15) is 12.3 Å². The molecule has 0 aromatic heterocycles. The van der Waals surface area contributed by atoms with Gasteiger partial charge in [-0.15, -0.1) is 0 Å². The van der Waals surface area contributed by atoms with Crippen LogP contribution in [0.4, 0.5) is 0 Å². The number of nitrogens with zero attached hydrogens (tertiary/aromatic N) is 1. The van der Waals surface area contributed by atoms with Gasteiger partial charge in [0, 0.05) is 5.56 Å². The summed E-state index contributed by atoms with van der Waals surface area (Å²) in [7, 11) is 0. The molecule has 4 rings (SSSR count). The zero-order chi connectivity index (χ0) is 14.0. The molecule has 3 aliphatic rings. The molecule has 0 saturated carbocycles. The third kappa shape index (κ3) is 2.73. The van der Waals surface area contributed by atoms with Gasteiger partial charge in [0.05, 0.1) is 26.2 Å². The average molecular weight is 274 g/mol. The largest absolute Gasteiger partial charge is 0.494 e. The van der Waals surface area contributed by atoms with Crippen molar-refractivity contribution >= 4 is 5.78 Å². The minimum absolute atomic E-state index is 0.286. The SMILES string of the molecule is CCOc1ccc(C(=O)C[N+]23CCC(CC2)CC3)cc1. The fraction of sp³-hybridized carbons (Fsp3) is 0.588. The molecule has 3 heteroatoms. The predicted molar refractivity (Wildman–Crippen MR) is 79.0 cm³/mol. The predicted octanol–water partition coefficient (Wildman–Crippen LogP) is 2.90. The summed E-state index contributed by atoms with van der Waals surface area (Å²) in [4.78, 5) is 12.5. The third-order valence-corrected chi connectivity index (χ3v) is 5.00. The van der Waals surface area contributed by atoms with Crippen LogP contribution >= 0.6 is 0 Å². The van der Waals surface area contributed by atoms with E-state index < -0.39 is 0 Å². The first-order valence-electron chi connectivity index (χ1n) is 7.82. The summed E-state index contributed by atoms with van der Waals surface area (Å²) in [5.74, 6) is 2.07. The molecule has 1 aromatic carbocycles. The van der Waals surface area contributed by atoms with Crippen molar-refractivity contribution in [2.24, 2.45) is 5.92 Å². The van der Waals surface area contributed by atoms with Gasteiger partial charge < -0.3 is 9.22 Å². The lowest BCUT2D eigenvalue weighted by molar-refractivity contribution is -0.935. The van der Waals surface area contributed by atoms with Crippen molar-refractivity contribution < 1.29 is 14.0 Å². The molecule has 3 heterocycles. The van der Waals surface area contributed by atoms with Crippen molar-refractivity contribution in [3.63, 3.8) is 0 Å². The van der Waals surface area contributed by atoms with Gasteiger partial charge >= 0.3 is 0 Å². The molecule has 0 amide bonds. The second-order valence-electron chi connectivity index (χ2n) is 6.28. The van der Waals surface area contributed by atoms with Gasteiger partial charge in [0.25, 0.3) is 0 Å². The van der Waals surface area contributed by atoms with Crippen molar-refractivity contribution in [2.75, 3.05) is 32.8 Å². The van der Waals surface area contributed by atoms with Crippen LogP contribution in [0, 0.1) is 5.92 Å². The molecule has 108 valence electrons. The molecule has 0 radical (unpaired) electrons. The Bertz CT molecular complexity index is 458. The highest BCUT2D eigenvalue weighted by molar-refractivity contribution is 5.97. The lowest BCUT2D eigenvalue weighted by Gasteiger charge is -2.48. The molecule has 0 spiro atoms. The molecule has 3 fully saturated rings. The summed E-state index contributed by atoms with van der Waals surface area (Å²) >= 11 is 0. The zero-order valence-electron chi connectivity index (χ0n) is 12.3. The van der Waals surface area contributed by atoms with Gasteiger partial charge in [-0.25, -0.2) is 0 Å². The van der Waals surface area contributed by atoms with Crippen LogP contribution in [0.3, 0.4) is 0 Å². The number of hydrogen-bond donors (Lipinski definition) is 0. The van der Waals surface area contributed by atoms with Crippen molar-refractivity contribution in [1.82, 2.24) is 0 Å². The van der Waals surface area contributed by atoms with E-state index in [0.717, 1.165) is 21.7 Å². The Kier molecular flexibility index (Phi) is 3.79. The van der Waals surface area contributed by atoms with Crippen LogP contribution in [0.25, 0.3) is 0 Å². The Labute approximate surface area is 121 Å². The summed E-state index contributed by atoms with van der Waals surface area (Å²) in [6.45, 7) is 6.92. The monoisotopic (exact) mass is 274 g/mol. The zero-order valence-corrected chi connectivity index (χ0v) is 12.3. The van der Waals surface area contributed by atoms with Crippen LogP contribution in [0.15, 0.2) is 24.3 Å². The molecule has 0 N–H and O–H groups in total. The van der Waals surface area contributed by atoms with Gasteiger partial charge in [-0.2, -0.15) is 0 Å². The topological polar surface area (TPSA) is 26.3 Å². The number of quaternary nitrogens is 1. The van der Waals surface area contributed by atoms with Crippen molar-refractivity contribution in [2.45, 2.75) is 26.2 Å². The molecule has 3 aliphatic heterocycles. The number of fused-ring (bicyclic) bond motifs is 3. The summed E-state index contributed by atoms with van der Waals surface area (Å²) < 4.78 is 6.45. The number of carbonyl (C=O) groups is 1. The maximum absolute atomic E-state index is 12.5. The molecule has 0 unspecified atom stereocenters. The number of Topliss-reactive ketones (excluding diaryl/α,β-unsaturated/α-hetero) is 1. The first kappa shape index (κ1) is 13.6. The summed E-state index contributed by atoms with van der Waals surface area (Å²) in [5, 5.41) is 0. The van der Waals surface area contributed by atoms with Crippen LogP contribution in [-0.4, -0.2) is 43.1 Å². The molecule has 20 heavy (non-hydrogen) atoms. The molecule has 1 aromatic rings. The molecule has 0 atom stereocenters. The Morgan fingerprint density at radius 1 is 1.15 bits per heavy atom. The van der Waals surface area contributed by atoms with Gasteiger partial charge in [0.2, 0.25) is 5.78 Å². The molecular weight excluding hydrogens is 250 g/mol. The van der Waals surface area contributed by atoms with Crippen LogP contribution in [0.5, 0.6) is 5.75 Å². The van der Waals surface area contributed by atoms with E-state index in [1.54, 1.807) is 0 Å². The van der Waals surface area contributed by atoms with Crippen LogP contribution < -0.4 is 4.74 Å². The fourth-order valence-electron chi connectivity index (χ4n) is 3.67. The lowest BCUT2D eigenvalue weighted by atomic mass is 9.85. The molecule has 3 saturated heterocycles. The van der Waals surface area contributed by atoms with E-state index in [1.807, 2.05) is 31.2 Å². The maximum atomic E-state index is 12.5. The fourth-order valence-corrected chi connectivity index (χ4v) is 3.67. The second kappa shape index (κ2) is 5.57. The van der Waals surface area contributed by atoms with E-state index >= 15 is 0 Å². The maximum Gasteiger partial charge on any atom is 0.216 e. The number of benzene rings is 1. The quantitative estimate of drug-likeness (QED) is 0.609. The number of ketones is 1. The van der Waals surface area contributed by atoms with Crippen molar-refractivity contribution in [3.05, 3.63) is 29.8 Å². The van der Waals surface area contributed by atoms with Gasteiger partial charge in [-0.05, 0) is 56.4 Å². The van der Waals surface area contributed by atoms with E-state index in [1.165, 1.54) is 38.9 Å². The Hall–Kier alpha value is -1.35. The first-order chi connectivity index (χ1) is 9.71. The van der Waals surface area contributed by atoms with Gasteiger partial charge in [0.15, 0.2) is 0 Å². The van der Waals surface area contributed by atoms with E-state index in [2.05, 4.69) is 0 Å². The summed E-state index contributed by atoms with van der Waals surface area (Å²) in [6.07, 6.45) is 3.95. The highest BCUT2D eigenvalue weighted by atomic mass is 16.5. The Balaban J connectivity index is 1.66. The number of piperidine rings is 3. The lowest BCUT2D eigenvalue weighted by Crippen LogP contribution is -2.60. The van der Waals surface area contributed by atoms with Gasteiger partial charge in [-0.3, -0.25) is 4.79 Å². The number of rotatable bonds is 5. The minimum atomic E-state index is 0.286. The smallest absolute Gasteiger partial charge is 0.216 e. The Morgan fingerprint density at radius 3 is 2.30 bits per heavy atom. The van der Waals surface area contributed by atoms with Crippen LogP contribution in [-0.2, 0) is 0 Å².